The molecule has 1 fully saturated rings. The van der Waals surface area contributed by atoms with Gasteiger partial charge in [0.2, 0.25) is 0 Å². The molecule has 0 saturated carbocycles. The zero-order valence-electron chi connectivity index (χ0n) is 11.2. The molecule has 0 radical (unpaired) electrons. The quantitative estimate of drug-likeness (QED) is 0.913. The molecule has 8 heteroatoms. The van der Waals surface area contributed by atoms with Crippen LogP contribution in [0.25, 0.3) is 0 Å². The number of rotatable bonds is 5. The van der Waals surface area contributed by atoms with Crippen LogP contribution in [0, 0.1) is 0 Å². The van der Waals surface area contributed by atoms with E-state index in [2.05, 4.69) is 20.6 Å². The molecule has 112 valence electrons. The van der Waals surface area contributed by atoms with Crippen molar-refractivity contribution in [3.8, 4) is 0 Å². The van der Waals surface area contributed by atoms with Crippen LogP contribution in [0.1, 0.15) is 24.2 Å². The van der Waals surface area contributed by atoms with Gasteiger partial charge in [-0.15, -0.1) is 10.2 Å². The summed E-state index contributed by atoms with van der Waals surface area (Å²) in [6.45, 7) is 1.09. The van der Waals surface area contributed by atoms with Crippen LogP contribution in [0.15, 0.2) is 18.2 Å². The van der Waals surface area contributed by atoms with Crippen molar-refractivity contribution in [2.24, 2.45) is 0 Å². The number of hydrogen-bond acceptors (Lipinski definition) is 5. The molecule has 0 spiro atoms. The van der Waals surface area contributed by atoms with Crippen molar-refractivity contribution >= 4 is 23.2 Å². The Morgan fingerprint density at radius 2 is 2.05 bits per heavy atom. The number of aromatic nitrogens is 4. The molecule has 21 heavy (non-hydrogen) atoms. The topological polar surface area (TPSA) is 72.9 Å². The van der Waals surface area contributed by atoms with E-state index >= 15 is 0 Å². The third kappa shape index (κ3) is 3.18. The van der Waals surface area contributed by atoms with E-state index in [0.717, 1.165) is 12.0 Å². The maximum absolute atomic E-state index is 6.29. The highest BCUT2D eigenvalue weighted by Crippen LogP contribution is 2.40. The van der Waals surface area contributed by atoms with Gasteiger partial charge in [0.05, 0.1) is 18.2 Å². The van der Waals surface area contributed by atoms with Crippen molar-refractivity contribution in [2.75, 3.05) is 13.2 Å². The van der Waals surface area contributed by atoms with Gasteiger partial charge in [0.1, 0.15) is 0 Å². The van der Waals surface area contributed by atoms with Gasteiger partial charge in [0.25, 0.3) is 0 Å². The lowest BCUT2D eigenvalue weighted by Gasteiger charge is -2.28. The summed E-state index contributed by atoms with van der Waals surface area (Å²) >= 11 is 12.2. The van der Waals surface area contributed by atoms with Gasteiger partial charge in [0, 0.05) is 23.4 Å². The maximum Gasteiger partial charge on any atom is 0.196 e. The van der Waals surface area contributed by atoms with Crippen LogP contribution in [-0.4, -0.2) is 33.8 Å². The Morgan fingerprint density at radius 1 is 1.24 bits per heavy atom. The summed E-state index contributed by atoms with van der Waals surface area (Å²) in [5.41, 5.74) is 0.805. The second kappa shape index (κ2) is 6.27. The van der Waals surface area contributed by atoms with Crippen molar-refractivity contribution in [3.63, 3.8) is 0 Å². The van der Waals surface area contributed by atoms with Gasteiger partial charge in [-0.1, -0.05) is 34.5 Å². The van der Waals surface area contributed by atoms with Crippen LogP contribution >= 0.6 is 23.2 Å². The molecule has 1 aliphatic rings. The van der Waals surface area contributed by atoms with E-state index in [9.17, 15) is 0 Å². The molecular weight excluding hydrogens is 315 g/mol. The molecule has 6 nitrogen and oxygen atoms in total. The first kappa shape index (κ1) is 14.7. The molecule has 1 aromatic heterocycles. The Morgan fingerprint density at radius 3 is 2.71 bits per heavy atom. The van der Waals surface area contributed by atoms with E-state index in [0.29, 0.717) is 41.9 Å². The Kier molecular flexibility index (Phi) is 4.40. The van der Waals surface area contributed by atoms with E-state index in [1.165, 1.54) is 0 Å². The highest BCUT2D eigenvalue weighted by Gasteiger charge is 2.39. The Hall–Kier alpha value is -1.21. The zero-order valence-corrected chi connectivity index (χ0v) is 12.7. The van der Waals surface area contributed by atoms with Crippen LogP contribution < -0.4 is 0 Å². The first-order chi connectivity index (χ1) is 10.2. The fraction of sp³-hybridized carbons (Fsp3) is 0.462. The molecule has 3 rings (SSSR count). The fourth-order valence-corrected chi connectivity index (χ4v) is 3.01. The van der Waals surface area contributed by atoms with Crippen molar-refractivity contribution in [2.45, 2.75) is 25.0 Å². The molecule has 0 unspecified atom stereocenters. The van der Waals surface area contributed by atoms with Gasteiger partial charge >= 0.3 is 0 Å². The van der Waals surface area contributed by atoms with E-state index in [1.54, 1.807) is 12.1 Å². The van der Waals surface area contributed by atoms with Gasteiger partial charge in [0.15, 0.2) is 11.6 Å². The number of aromatic amines is 1. The van der Waals surface area contributed by atoms with Gasteiger partial charge in [-0.05, 0) is 18.6 Å². The number of ether oxygens (including phenoxy) is 2. The van der Waals surface area contributed by atoms with E-state index < -0.39 is 5.79 Å². The summed E-state index contributed by atoms with van der Waals surface area (Å²) in [6, 6.07) is 5.34. The second-order valence-corrected chi connectivity index (χ2v) is 5.60. The van der Waals surface area contributed by atoms with Gasteiger partial charge in [-0.3, -0.25) is 0 Å². The lowest BCUT2D eigenvalue weighted by Crippen LogP contribution is -2.27. The summed E-state index contributed by atoms with van der Waals surface area (Å²) in [4.78, 5) is 0. The molecule has 2 heterocycles. The summed E-state index contributed by atoms with van der Waals surface area (Å²) in [7, 11) is 0. The average Bonchev–Trinajstić information content (AvgIpc) is 3.11. The normalized spacial score (nSPS) is 17.2. The summed E-state index contributed by atoms with van der Waals surface area (Å²) in [5.74, 6) is -0.142. The van der Waals surface area contributed by atoms with E-state index in [4.69, 9.17) is 32.7 Å². The highest BCUT2D eigenvalue weighted by molar-refractivity contribution is 6.35. The lowest BCUT2D eigenvalue weighted by molar-refractivity contribution is -0.171. The van der Waals surface area contributed by atoms with Crippen molar-refractivity contribution in [1.29, 1.82) is 0 Å². The van der Waals surface area contributed by atoms with Gasteiger partial charge in [-0.2, -0.15) is 5.21 Å². The summed E-state index contributed by atoms with van der Waals surface area (Å²) < 4.78 is 11.7. The number of aryl methyl sites for hydroxylation is 1. The number of halogens is 2. The maximum atomic E-state index is 6.29. The van der Waals surface area contributed by atoms with Crippen molar-refractivity contribution < 1.29 is 9.47 Å². The van der Waals surface area contributed by atoms with Gasteiger partial charge in [-0.25, -0.2) is 0 Å². The summed E-state index contributed by atoms with van der Waals surface area (Å²) in [5, 5.41) is 15.0. The van der Waals surface area contributed by atoms with Crippen LogP contribution in [0.2, 0.25) is 10.0 Å². The molecule has 0 aliphatic carbocycles. The van der Waals surface area contributed by atoms with E-state index in [-0.39, 0.29) is 0 Å². The number of hydrogen-bond donors (Lipinski definition) is 1. The predicted molar refractivity (Wildman–Crippen MR) is 77.2 cm³/mol. The lowest BCUT2D eigenvalue weighted by atomic mass is 9.99. The van der Waals surface area contributed by atoms with E-state index in [1.807, 2.05) is 6.07 Å². The fourth-order valence-electron chi connectivity index (χ4n) is 2.46. The minimum Gasteiger partial charge on any atom is -0.343 e. The molecule has 1 saturated heterocycles. The monoisotopic (exact) mass is 328 g/mol. The molecule has 1 aliphatic heterocycles. The molecule has 0 bridgehead atoms. The van der Waals surface area contributed by atoms with Crippen LogP contribution in [0.3, 0.4) is 0 Å². The Balaban J connectivity index is 1.76. The van der Waals surface area contributed by atoms with Crippen molar-refractivity contribution in [3.05, 3.63) is 39.6 Å². The standard InChI is InChI=1S/C13H14Cl2N4O2/c14-9-3-4-10(11(15)8-9)13(20-6-7-21-13)5-1-2-12-16-18-19-17-12/h3-4,8H,1-2,5-7H2,(H,16,17,18,19). The average molecular weight is 329 g/mol. The first-order valence-corrected chi connectivity index (χ1v) is 7.41. The molecule has 2 aromatic rings. The number of benzene rings is 1. The molecule has 1 N–H and O–H groups in total. The number of nitrogens with one attached hydrogen (secondary N) is 1. The minimum absolute atomic E-state index is 0.543. The predicted octanol–water partition coefficient (Wildman–Crippen LogP) is 2.73. The van der Waals surface area contributed by atoms with Crippen LogP contribution in [0.4, 0.5) is 0 Å². The van der Waals surface area contributed by atoms with Crippen molar-refractivity contribution in [1.82, 2.24) is 20.6 Å². The molecule has 1 aromatic carbocycles. The largest absolute Gasteiger partial charge is 0.343 e. The molecule has 0 amide bonds. The van der Waals surface area contributed by atoms with Crippen LogP contribution in [0.5, 0.6) is 0 Å². The first-order valence-electron chi connectivity index (χ1n) is 6.65. The third-order valence-electron chi connectivity index (χ3n) is 3.39. The van der Waals surface area contributed by atoms with Gasteiger partial charge < -0.3 is 9.47 Å². The number of nitrogens with zero attached hydrogens (tertiary/aromatic N) is 3. The highest BCUT2D eigenvalue weighted by atomic mass is 35.5. The second-order valence-electron chi connectivity index (χ2n) is 4.76. The smallest absolute Gasteiger partial charge is 0.196 e. The minimum atomic E-state index is -0.814. The number of H-pyrrole nitrogens is 1. The SMILES string of the molecule is Clc1ccc(C2(CCCc3nn[nH]n3)OCCO2)c(Cl)c1. The molecule has 0 atom stereocenters. The Labute approximate surface area is 131 Å². The zero-order chi connectivity index (χ0) is 14.7. The summed E-state index contributed by atoms with van der Waals surface area (Å²) in [6.07, 6.45) is 2.14. The van der Waals surface area contributed by atoms with Crippen LogP contribution in [-0.2, 0) is 21.7 Å². The Bertz CT molecular complexity index is 600. The molecular formula is C13H14Cl2N4O2. The number of tetrazole rings is 1. The third-order valence-corrected chi connectivity index (χ3v) is 3.94.